The zero-order valence-corrected chi connectivity index (χ0v) is 15.0. The second-order valence-electron chi connectivity index (χ2n) is 6.85. The Kier molecular flexibility index (Phi) is 7.07. The number of guanidine groups is 1. The van der Waals surface area contributed by atoms with Crippen LogP contribution >= 0.6 is 0 Å². The predicted molar refractivity (Wildman–Crippen MR) is 98.8 cm³/mol. The summed E-state index contributed by atoms with van der Waals surface area (Å²) in [6, 6.07) is 10.3. The lowest BCUT2D eigenvalue weighted by molar-refractivity contribution is 0.187. The molecule has 2 rings (SSSR count). The Bertz CT molecular complexity index is 562. The Morgan fingerprint density at radius 2 is 1.96 bits per heavy atom. The number of hydrogen-bond donors (Lipinski definition) is 2. The molecule has 5 heteroatoms. The van der Waals surface area contributed by atoms with Gasteiger partial charge in [-0.3, -0.25) is 4.99 Å². The van der Waals surface area contributed by atoms with Crippen LogP contribution in [0.5, 0.6) is 0 Å². The lowest BCUT2D eigenvalue weighted by Gasteiger charge is -2.34. The van der Waals surface area contributed by atoms with E-state index in [4.69, 9.17) is 5.26 Å². The van der Waals surface area contributed by atoms with Crippen molar-refractivity contribution in [3.05, 3.63) is 35.4 Å². The number of nitrogens with one attached hydrogen (secondary N) is 2. The molecule has 0 unspecified atom stereocenters. The Morgan fingerprint density at radius 3 is 2.50 bits per heavy atom. The highest BCUT2D eigenvalue weighted by Gasteiger charge is 2.20. The van der Waals surface area contributed by atoms with E-state index in [1.54, 1.807) is 0 Å². The van der Waals surface area contributed by atoms with E-state index in [0.29, 0.717) is 18.2 Å². The molecule has 0 aromatic heterocycles. The van der Waals surface area contributed by atoms with E-state index in [0.717, 1.165) is 43.4 Å². The van der Waals surface area contributed by atoms with Crippen molar-refractivity contribution in [2.75, 3.05) is 26.7 Å². The summed E-state index contributed by atoms with van der Waals surface area (Å²) in [5.74, 6) is 1.58. The van der Waals surface area contributed by atoms with Gasteiger partial charge in [0.05, 0.1) is 11.6 Å². The smallest absolute Gasteiger partial charge is 0.191 e. The molecule has 1 fully saturated rings. The molecule has 1 aromatic carbocycles. The van der Waals surface area contributed by atoms with Crippen molar-refractivity contribution >= 4 is 5.96 Å². The summed E-state index contributed by atoms with van der Waals surface area (Å²) < 4.78 is 0. The second kappa shape index (κ2) is 9.29. The Hall–Kier alpha value is -2.06. The first-order valence-corrected chi connectivity index (χ1v) is 8.79. The first-order chi connectivity index (χ1) is 11.6. The third-order valence-electron chi connectivity index (χ3n) is 4.32. The Labute approximate surface area is 145 Å². The van der Waals surface area contributed by atoms with Crippen LogP contribution in [0.3, 0.4) is 0 Å². The van der Waals surface area contributed by atoms with E-state index < -0.39 is 0 Å². The van der Waals surface area contributed by atoms with Gasteiger partial charge in [-0.25, -0.2) is 0 Å². The molecule has 1 aliphatic rings. The standard InChI is InChI=1S/C19H29N5/c1-15(2)14-24-10-8-18(9-11-24)23-19(21-3)22-13-17-6-4-16(12-20)5-7-17/h4-7,15,18H,8-11,13-14H2,1-3H3,(H2,21,22,23). The highest BCUT2D eigenvalue weighted by molar-refractivity contribution is 5.79. The van der Waals surface area contributed by atoms with Crippen molar-refractivity contribution < 1.29 is 0 Å². The molecule has 2 N–H and O–H groups in total. The minimum absolute atomic E-state index is 0.487. The van der Waals surface area contributed by atoms with Crippen LogP contribution in [0.25, 0.3) is 0 Å². The van der Waals surface area contributed by atoms with Crippen molar-refractivity contribution in [2.45, 2.75) is 39.3 Å². The monoisotopic (exact) mass is 327 g/mol. The predicted octanol–water partition coefficient (Wildman–Crippen LogP) is 2.34. The molecule has 5 nitrogen and oxygen atoms in total. The van der Waals surface area contributed by atoms with Gasteiger partial charge in [0, 0.05) is 39.3 Å². The van der Waals surface area contributed by atoms with Crippen molar-refractivity contribution in [2.24, 2.45) is 10.9 Å². The minimum atomic E-state index is 0.487. The van der Waals surface area contributed by atoms with Gasteiger partial charge in [0.15, 0.2) is 5.96 Å². The van der Waals surface area contributed by atoms with Gasteiger partial charge in [0.2, 0.25) is 0 Å². The molecule has 0 saturated carbocycles. The van der Waals surface area contributed by atoms with Gasteiger partial charge in [-0.05, 0) is 36.5 Å². The summed E-state index contributed by atoms with van der Waals surface area (Å²) in [5.41, 5.74) is 1.83. The average molecular weight is 327 g/mol. The van der Waals surface area contributed by atoms with Crippen LogP contribution in [0, 0.1) is 17.2 Å². The molecule has 0 atom stereocenters. The molecule has 1 aliphatic heterocycles. The molecule has 1 saturated heterocycles. The fraction of sp³-hybridized carbons (Fsp3) is 0.579. The third kappa shape index (κ3) is 5.86. The van der Waals surface area contributed by atoms with Gasteiger partial charge < -0.3 is 15.5 Å². The number of benzene rings is 1. The summed E-state index contributed by atoms with van der Waals surface area (Å²) in [4.78, 5) is 6.88. The number of likely N-dealkylation sites (tertiary alicyclic amines) is 1. The number of aliphatic imine (C=N–C) groups is 1. The maximum Gasteiger partial charge on any atom is 0.191 e. The number of nitrogens with zero attached hydrogens (tertiary/aromatic N) is 3. The van der Waals surface area contributed by atoms with Crippen LogP contribution in [0.1, 0.15) is 37.8 Å². The SMILES string of the molecule is CN=C(NCc1ccc(C#N)cc1)NC1CCN(CC(C)C)CC1. The van der Waals surface area contributed by atoms with Gasteiger partial charge in [0.25, 0.3) is 0 Å². The van der Waals surface area contributed by atoms with Crippen LogP contribution in [0.4, 0.5) is 0 Å². The Balaban J connectivity index is 1.75. The van der Waals surface area contributed by atoms with E-state index in [1.165, 1.54) is 6.54 Å². The van der Waals surface area contributed by atoms with Crippen LogP contribution in [-0.2, 0) is 6.54 Å². The van der Waals surface area contributed by atoms with Crippen LogP contribution < -0.4 is 10.6 Å². The van der Waals surface area contributed by atoms with E-state index in [-0.39, 0.29) is 0 Å². The van der Waals surface area contributed by atoms with E-state index in [1.807, 2.05) is 31.3 Å². The van der Waals surface area contributed by atoms with Crippen LogP contribution in [-0.4, -0.2) is 43.6 Å². The molecule has 0 bridgehead atoms. The number of piperidine rings is 1. The van der Waals surface area contributed by atoms with E-state index in [2.05, 4.69) is 40.4 Å². The fourth-order valence-corrected chi connectivity index (χ4v) is 3.05. The van der Waals surface area contributed by atoms with Gasteiger partial charge >= 0.3 is 0 Å². The average Bonchev–Trinajstić information content (AvgIpc) is 2.60. The molecular weight excluding hydrogens is 298 g/mol. The molecule has 0 amide bonds. The summed E-state index contributed by atoms with van der Waals surface area (Å²) in [6.45, 7) is 8.76. The van der Waals surface area contributed by atoms with Gasteiger partial charge in [0.1, 0.15) is 0 Å². The number of nitriles is 1. The van der Waals surface area contributed by atoms with Crippen molar-refractivity contribution in [3.63, 3.8) is 0 Å². The van der Waals surface area contributed by atoms with Crippen molar-refractivity contribution in [3.8, 4) is 6.07 Å². The highest BCUT2D eigenvalue weighted by atomic mass is 15.2. The summed E-state index contributed by atoms with van der Waals surface area (Å²) in [7, 11) is 1.81. The third-order valence-corrected chi connectivity index (χ3v) is 4.32. The number of hydrogen-bond acceptors (Lipinski definition) is 3. The van der Waals surface area contributed by atoms with Crippen LogP contribution in [0.2, 0.25) is 0 Å². The van der Waals surface area contributed by atoms with Gasteiger partial charge in [-0.15, -0.1) is 0 Å². The molecule has 0 radical (unpaired) electrons. The van der Waals surface area contributed by atoms with Crippen molar-refractivity contribution in [1.29, 1.82) is 5.26 Å². The van der Waals surface area contributed by atoms with Crippen molar-refractivity contribution in [1.82, 2.24) is 15.5 Å². The molecular formula is C19H29N5. The molecule has 1 heterocycles. The maximum atomic E-state index is 8.84. The second-order valence-corrected chi connectivity index (χ2v) is 6.85. The van der Waals surface area contributed by atoms with Gasteiger partial charge in [-0.2, -0.15) is 5.26 Å². The normalized spacial score (nSPS) is 16.9. The Morgan fingerprint density at radius 1 is 1.29 bits per heavy atom. The van der Waals surface area contributed by atoms with E-state index in [9.17, 15) is 0 Å². The topological polar surface area (TPSA) is 63.5 Å². The van der Waals surface area contributed by atoms with Crippen LogP contribution in [0.15, 0.2) is 29.3 Å². The maximum absolute atomic E-state index is 8.84. The summed E-state index contributed by atoms with van der Waals surface area (Å²) in [6.07, 6.45) is 2.31. The fourth-order valence-electron chi connectivity index (χ4n) is 3.05. The molecule has 0 aliphatic carbocycles. The van der Waals surface area contributed by atoms with Gasteiger partial charge in [-0.1, -0.05) is 26.0 Å². The lowest BCUT2D eigenvalue weighted by Crippen LogP contribution is -2.48. The quantitative estimate of drug-likeness (QED) is 0.644. The molecule has 0 spiro atoms. The minimum Gasteiger partial charge on any atom is -0.354 e. The summed E-state index contributed by atoms with van der Waals surface area (Å²) >= 11 is 0. The largest absolute Gasteiger partial charge is 0.354 e. The van der Waals surface area contributed by atoms with E-state index >= 15 is 0 Å². The number of rotatable bonds is 5. The molecule has 130 valence electrons. The molecule has 24 heavy (non-hydrogen) atoms. The lowest BCUT2D eigenvalue weighted by atomic mass is 10.0. The first kappa shape index (κ1) is 18.3. The zero-order chi connectivity index (χ0) is 17.4. The zero-order valence-electron chi connectivity index (χ0n) is 15.0. The summed E-state index contributed by atoms with van der Waals surface area (Å²) in [5, 5.41) is 15.7. The first-order valence-electron chi connectivity index (χ1n) is 8.79. The highest BCUT2D eigenvalue weighted by Crippen LogP contribution is 2.12. The molecule has 1 aromatic rings.